The molecule has 1 saturated heterocycles. The smallest absolute Gasteiger partial charge is 0.0580 e. The Labute approximate surface area is 99.0 Å². The highest BCUT2D eigenvalue weighted by atomic mass is 16.3. The number of aliphatic hydroxyl groups is 1. The molecule has 4 atom stereocenters. The van der Waals surface area contributed by atoms with E-state index in [-0.39, 0.29) is 6.10 Å². The lowest BCUT2D eigenvalue weighted by Gasteiger charge is -2.39. The number of hydrogen-bond donors (Lipinski definition) is 1. The van der Waals surface area contributed by atoms with Gasteiger partial charge in [0.05, 0.1) is 6.10 Å². The van der Waals surface area contributed by atoms with Crippen molar-refractivity contribution in [3.63, 3.8) is 0 Å². The molecule has 2 heteroatoms. The molecule has 3 rings (SSSR count). The first-order chi connectivity index (χ1) is 7.84. The molecule has 4 unspecified atom stereocenters. The second-order valence-corrected chi connectivity index (χ2v) is 6.15. The Morgan fingerprint density at radius 2 is 1.75 bits per heavy atom. The van der Waals surface area contributed by atoms with Gasteiger partial charge in [0.1, 0.15) is 0 Å². The Balaban J connectivity index is 1.60. The Morgan fingerprint density at radius 3 is 2.56 bits per heavy atom. The van der Waals surface area contributed by atoms with Gasteiger partial charge in [-0.25, -0.2) is 0 Å². The van der Waals surface area contributed by atoms with Crippen LogP contribution in [0.5, 0.6) is 0 Å². The third-order valence-electron chi connectivity index (χ3n) is 5.20. The van der Waals surface area contributed by atoms with Gasteiger partial charge >= 0.3 is 0 Å². The van der Waals surface area contributed by atoms with Gasteiger partial charge in [-0.1, -0.05) is 12.8 Å². The van der Waals surface area contributed by atoms with Crippen molar-refractivity contribution in [1.29, 1.82) is 0 Å². The van der Waals surface area contributed by atoms with Crippen LogP contribution in [0.2, 0.25) is 0 Å². The molecule has 3 fully saturated rings. The maximum atomic E-state index is 9.93. The predicted molar refractivity (Wildman–Crippen MR) is 65.3 cm³/mol. The Hall–Kier alpha value is -0.0800. The first kappa shape index (κ1) is 11.0. The van der Waals surface area contributed by atoms with E-state index in [0.29, 0.717) is 5.92 Å². The van der Waals surface area contributed by atoms with E-state index in [9.17, 15) is 5.11 Å². The molecule has 1 N–H and O–H groups in total. The van der Waals surface area contributed by atoms with E-state index in [1.165, 1.54) is 58.0 Å². The van der Waals surface area contributed by atoms with Crippen LogP contribution in [-0.4, -0.2) is 35.2 Å². The average Bonchev–Trinajstić information content (AvgIpc) is 2.89. The van der Waals surface area contributed by atoms with Gasteiger partial charge in [0.2, 0.25) is 0 Å². The molecule has 0 spiro atoms. The monoisotopic (exact) mass is 223 g/mol. The molecule has 0 bridgehead atoms. The molecule has 0 amide bonds. The van der Waals surface area contributed by atoms with Crippen molar-refractivity contribution in [3.8, 4) is 0 Å². The fraction of sp³-hybridized carbons (Fsp3) is 1.00. The van der Waals surface area contributed by atoms with Crippen molar-refractivity contribution in [2.24, 2.45) is 11.8 Å². The lowest BCUT2D eigenvalue weighted by atomic mass is 9.90. The summed E-state index contributed by atoms with van der Waals surface area (Å²) in [5.74, 6) is 1.58. The quantitative estimate of drug-likeness (QED) is 0.777. The van der Waals surface area contributed by atoms with E-state index in [0.717, 1.165) is 18.4 Å². The lowest BCUT2D eigenvalue weighted by Crippen LogP contribution is -2.45. The van der Waals surface area contributed by atoms with Crippen LogP contribution in [0.4, 0.5) is 0 Å². The highest BCUT2D eigenvalue weighted by Crippen LogP contribution is 2.38. The van der Waals surface area contributed by atoms with Gasteiger partial charge in [-0.05, 0) is 56.9 Å². The second kappa shape index (κ2) is 4.66. The minimum Gasteiger partial charge on any atom is -0.393 e. The molecule has 16 heavy (non-hydrogen) atoms. The topological polar surface area (TPSA) is 23.5 Å². The van der Waals surface area contributed by atoms with Gasteiger partial charge in [-0.2, -0.15) is 0 Å². The molecule has 2 nitrogen and oxygen atoms in total. The van der Waals surface area contributed by atoms with E-state index < -0.39 is 0 Å². The van der Waals surface area contributed by atoms with Crippen LogP contribution >= 0.6 is 0 Å². The minimum atomic E-state index is 0.00165. The molecule has 1 aliphatic heterocycles. The third kappa shape index (κ3) is 2.02. The summed E-state index contributed by atoms with van der Waals surface area (Å²) in [6.45, 7) is 2.48. The maximum Gasteiger partial charge on any atom is 0.0580 e. The van der Waals surface area contributed by atoms with E-state index in [2.05, 4.69) is 4.90 Å². The van der Waals surface area contributed by atoms with Gasteiger partial charge < -0.3 is 5.11 Å². The molecular weight excluding hydrogens is 198 g/mol. The zero-order valence-electron chi connectivity index (χ0n) is 10.3. The average molecular weight is 223 g/mol. The molecule has 0 aromatic carbocycles. The number of rotatable bonds is 2. The molecular formula is C14H25NO. The Bertz CT molecular complexity index is 243. The van der Waals surface area contributed by atoms with Crippen LogP contribution < -0.4 is 0 Å². The van der Waals surface area contributed by atoms with Crippen LogP contribution in [0, 0.1) is 11.8 Å². The highest BCUT2D eigenvalue weighted by molar-refractivity contribution is 4.91. The van der Waals surface area contributed by atoms with Gasteiger partial charge in [0.25, 0.3) is 0 Å². The molecule has 0 aromatic heterocycles. The minimum absolute atomic E-state index is 0.00165. The number of likely N-dealkylation sites (tertiary alicyclic amines) is 1. The Morgan fingerprint density at radius 1 is 0.938 bits per heavy atom. The molecule has 0 radical (unpaired) electrons. The van der Waals surface area contributed by atoms with Crippen molar-refractivity contribution in [1.82, 2.24) is 4.90 Å². The molecule has 2 saturated carbocycles. The molecule has 92 valence electrons. The van der Waals surface area contributed by atoms with Gasteiger partial charge in [-0.15, -0.1) is 0 Å². The standard InChI is InChI=1S/C14H25NO/c16-14-8-2-5-12(14)10-15-9-3-6-11-4-1-7-13(11)15/h11-14,16H,1-10H2. The zero-order chi connectivity index (χ0) is 11.0. The van der Waals surface area contributed by atoms with Crippen molar-refractivity contribution < 1.29 is 5.11 Å². The fourth-order valence-electron chi connectivity index (χ4n) is 4.32. The van der Waals surface area contributed by atoms with Crippen molar-refractivity contribution in [2.45, 2.75) is 63.5 Å². The van der Waals surface area contributed by atoms with E-state index in [1.807, 2.05) is 0 Å². The first-order valence-corrected chi connectivity index (χ1v) is 7.27. The summed E-state index contributed by atoms with van der Waals surface area (Å²) in [5.41, 5.74) is 0. The lowest BCUT2D eigenvalue weighted by molar-refractivity contribution is 0.0554. The molecule has 0 aromatic rings. The summed E-state index contributed by atoms with van der Waals surface area (Å²) < 4.78 is 0. The van der Waals surface area contributed by atoms with Crippen LogP contribution in [0.15, 0.2) is 0 Å². The Kier molecular flexibility index (Phi) is 3.21. The molecule has 3 aliphatic rings. The van der Waals surface area contributed by atoms with E-state index in [4.69, 9.17) is 0 Å². The van der Waals surface area contributed by atoms with Crippen LogP contribution in [0.25, 0.3) is 0 Å². The number of nitrogens with zero attached hydrogens (tertiary/aromatic N) is 1. The number of piperidine rings is 1. The van der Waals surface area contributed by atoms with Gasteiger partial charge in [0.15, 0.2) is 0 Å². The van der Waals surface area contributed by atoms with Crippen LogP contribution in [0.3, 0.4) is 0 Å². The predicted octanol–water partition coefficient (Wildman–Crippen LogP) is 2.41. The van der Waals surface area contributed by atoms with E-state index in [1.54, 1.807) is 0 Å². The maximum absolute atomic E-state index is 9.93. The SMILES string of the molecule is OC1CCCC1CN1CCCC2CCCC21. The summed E-state index contributed by atoms with van der Waals surface area (Å²) in [6, 6.07) is 0.876. The van der Waals surface area contributed by atoms with Crippen molar-refractivity contribution in [2.75, 3.05) is 13.1 Å². The van der Waals surface area contributed by atoms with Crippen LogP contribution in [-0.2, 0) is 0 Å². The summed E-state index contributed by atoms with van der Waals surface area (Å²) in [6.07, 6.45) is 10.7. The fourth-order valence-corrected chi connectivity index (χ4v) is 4.32. The summed E-state index contributed by atoms with van der Waals surface area (Å²) in [5, 5.41) is 9.93. The van der Waals surface area contributed by atoms with Crippen molar-refractivity contribution in [3.05, 3.63) is 0 Å². The molecule has 2 aliphatic carbocycles. The largest absolute Gasteiger partial charge is 0.393 e. The summed E-state index contributed by atoms with van der Waals surface area (Å²) in [7, 11) is 0. The van der Waals surface area contributed by atoms with Gasteiger partial charge in [0, 0.05) is 12.6 Å². The third-order valence-corrected chi connectivity index (χ3v) is 5.20. The number of hydrogen-bond acceptors (Lipinski definition) is 2. The summed E-state index contributed by atoms with van der Waals surface area (Å²) in [4.78, 5) is 2.72. The first-order valence-electron chi connectivity index (χ1n) is 7.27. The summed E-state index contributed by atoms with van der Waals surface area (Å²) >= 11 is 0. The highest BCUT2D eigenvalue weighted by Gasteiger charge is 2.37. The van der Waals surface area contributed by atoms with E-state index >= 15 is 0 Å². The number of aliphatic hydroxyl groups excluding tert-OH is 1. The number of fused-ring (bicyclic) bond motifs is 1. The molecule has 1 heterocycles. The zero-order valence-corrected chi connectivity index (χ0v) is 10.3. The van der Waals surface area contributed by atoms with Gasteiger partial charge in [-0.3, -0.25) is 4.90 Å². The van der Waals surface area contributed by atoms with Crippen LogP contribution in [0.1, 0.15) is 51.4 Å². The second-order valence-electron chi connectivity index (χ2n) is 6.15. The normalized spacial score (nSPS) is 44.8. The van der Waals surface area contributed by atoms with Crippen molar-refractivity contribution >= 4 is 0 Å².